The standard InChI is InChI=1S/C9H13NO5P2/c1-2-14-9(16-11,17(12,13)15-10)8-6-4-3-5-7-8/h3-7H,2,10H2,1H3,(H,12,13). The molecular weight excluding hydrogens is 264 g/mol. The highest BCUT2D eigenvalue weighted by atomic mass is 31.2. The highest BCUT2D eigenvalue weighted by Crippen LogP contribution is 2.66. The molecule has 17 heavy (non-hydrogen) atoms. The van der Waals surface area contributed by atoms with Crippen LogP contribution in [0, 0.1) is 0 Å². The van der Waals surface area contributed by atoms with Crippen LogP contribution in [-0.4, -0.2) is 11.5 Å². The molecule has 0 aromatic heterocycles. The summed E-state index contributed by atoms with van der Waals surface area (Å²) >= 11 is 0. The summed E-state index contributed by atoms with van der Waals surface area (Å²) in [6.07, 6.45) is 0. The van der Waals surface area contributed by atoms with Crippen LogP contribution in [0.1, 0.15) is 12.5 Å². The second-order valence-corrected chi connectivity index (χ2v) is 6.17. The molecule has 0 bridgehead atoms. The SMILES string of the molecule is CCOC(P=O)(c1ccccc1)P(=O)(O)ON. The van der Waals surface area contributed by atoms with Gasteiger partial charge in [-0.25, -0.2) is 10.5 Å². The number of ether oxygens (including phenoxy) is 1. The van der Waals surface area contributed by atoms with E-state index >= 15 is 0 Å². The lowest BCUT2D eigenvalue weighted by Gasteiger charge is -2.29. The van der Waals surface area contributed by atoms with Crippen molar-refractivity contribution < 1.29 is 23.4 Å². The summed E-state index contributed by atoms with van der Waals surface area (Å²) in [5.41, 5.74) is 0.259. The monoisotopic (exact) mass is 277 g/mol. The molecule has 1 aromatic rings. The van der Waals surface area contributed by atoms with Gasteiger partial charge in [0.1, 0.15) is 0 Å². The molecule has 0 heterocycles. The van der Waals surface area contributed by atoms with Crippen LogP contribution >= 0.6 is 16.1 Å². The number of hydrogen-bond acceptors (Lipinski definition) is 5. The second kappa shape index (κ2) is 5.83. The van der Waals surface area contributed by atoms with Crippen molar-refractivity contribution in [1.82, 2.24) is 0 Å². The van der Waals surface area contributed by atoms with E-state index in [-0.39, 0.29) is 12.2 Å². The average molecular weight is 277 g/mol. The minimum atomic E-state index is -4.42. The van der Waals surface area contributed by atoms with Crippen LogP contribution in [0.5, 0.6) is 0 Å². The van der Waals surface area contributed by atoms with Crippen LogP contribution < -0.4 is 5.90 Å². The summed E-state index contributed by atoms with van der Waals surface area (Å²) in [7, 11) is -5.12. The summed E-state index contributed by atoms with van der Waals surface area (Å²) in [5, 5.41) is -1.99. The van der Waals surface area contributed by atoms with Gasteiger partial charge < -0.3 is 9.63 Å². The Morgan fingerprint density at radius 3 is 2.47 bits per heavy atom. The fraction of sp³-hybridized carbons (Fsp3) is 0.333. The quantitative estimate of drug-likeness (QED) is 0.611. The predicted molar refractivity (Wildman–Crippen MR) is 62.5 cm³/mol. The van der Waals surface area contributed by atoms with Gasteiger partial charge in [-0.3, -0.25) is 9.13 Å². The molecular formula is C9H13NO5P2. The van der Waals surface area contributed by atoms with E-state index in [4.69, 9.17) is 10.6 Å². The maximum atomic E-state index is 11.9. The molecule has 0 saturated carbocycles. The van der Waals surface area contributed by atoms with Gasteiger partial charge in [0.2, 0.25) is 8.46 Å². The first-order valence-electron chi connectivity index (χ1n) is 4.79. The first-order chi connectivity index (χ1) is 8.04. The predicted octanol–water partition coefficient (Wildman–Crippen LogP) is 2.20. The topological polar surface area (TPSA) is 98.9 Å². The summed E-state index contributed by atoms with van der Waals surface area (Å²) in [4.78, 5) is 9.69. The van der Waals surface area contributed by atoms with Gasteiger partial charge in [-0.2, -0.15) is 0 Å². The van der Waals surface area contributed by atoms with Crippen LogP contribution in [0.2, 0.25) is 0 Å². The van der Waals surface area contributed by atoms with E-state index < -0.39 is 21.1 Å². The Labute approximate surface area is 100 Å². The lowest BCUT2D eigenvalue weighted by Crippen LogP contribution is -2.26. The maximum Gasteiger partial charge on any atom is 0.392 e. The molecule has 0 aliphatic heterocycles. The van der Waals surface area contributed by atoms with E-state index in [9.17, 15) is 14.0 Å². The normalized spacial score (nSPS) is 18.5. The van der Waals surface area contributed by atoms with Gasteiger partial charge >= 0.3 is 7.60 Å². The number of benzene rings is 1. The largest absolute Gasteiger partial charge is 0.392 e. The van der Waals surface area contributed by atoms with Gasteiger partial charge in [-0.1, -0.05) is 30.3 Å². The molecule has 1 rings (SSSR count). The Hall–Kier alpha value is -0.610. The Kier molecular flexibility index (Phi) is 4.95. The van der Waals surface area contributed by atoms with Gasteiger partial charge in [-0.15, -0.1) is 0 Å². The van der Waals surface area contributed by atoms with Gasteiger partial charge in [-0.05, 0) is 6.92 Å². The minimum Gasteiger partial charge on any atom is -0.349 e. The molecule has 2 atom stereocenters. The minimum absolute atomic E-state index is 0.0814. The molecule has 2 unspecified atom stereocenters. The van der Waals surface area contributed by atoms with Crippen molar-refractivity contribution in [2.45, 2.75) is 12.0 Å². The van der Waals surface area contributed by atoms with Crippen LogP contribution in [0.15, 0.2) is 30.3 Å². The Balaban J connectivity index is 3.38. The van der Waals surface area contributed by atoms with Crippen LogP contribution in [0.25, 0.3) is 0 Å². The van der Waals surface area contributed by atoms with Gasteiger partial charge in [0, 0.05) is 12.2 Å². The van der Waals surface area contributed by atoms with Crippen molar-refractivity contribution >= 4 is 16.1 Å². The molecule has 94 valence electrons. The van der Waals surface area contributed by atoms with Crippen molar-refractivity contribution in [1.29, 1.82) is 0 Å². The molecule has 1 aromatic carbocycles. The third-order valence-electron chi connectivity index (χ3n) is 2.15. The van der Waals surface area contributed by atoms with E-state index in [2.05, 4.69) is 4.62 Å². The summed E-state index contributed by atoms with van der Waals surface area (Å²) in [6, 6.07) is 8.01. The first-order valence-corrected chi connectivity index (χ1v) is 7.18. The Bertz CT molecular complexity index is 427. The first kappa shape index (κ1) is 14.5. The molecule has 0 fully saturated rings. The van der Waals surface area contributed by atoms with Crippen LogP contribution in [0.3, 0.4) is 0 Å². The van der Waals surface area contributed by atoms with Crippen molar-refractivity contribution in [3.8, 4) is 0 Å². The van der Waals surface area contributed by atoms with Crippen molar-refractivity contribution in [3.05, 3.63) is 35.9 Å². The maximum absolute atomic E-state index is 11.9. The summed E-state index contributed by atoms with van der Waals surface area (Å²) in [6.45, 7) is 1.69. The molecule has 6 nitrogen and oxygen atoms in total. The zero-order valence-corrected chi connectivity index (χ0v) is 10.9. The zero-order valence-electron chi connectivity index (χ0n) is 9.15. The Morgan fingerprint density at radius 2 is 2.06 bits per heavy atom. The number of hydrogen-bond donors (Lipinski definition) is 2. The molecule has 0 aliphatic carbocycles. The molecule has 0 aliphatic rings. The molecule has 0 saturated heterocycles. The highest BCUT2D eigenvalue weighted by molar-refractivity contribution is 7.63. The lowest BCUT2D eigenvalue weighted by molar-refractivity contribution is 0.0576. The third-order valence-corrected chi connectivity index (χ3v) is 5.22. The van der Waals surface area contributed by atoms with Crippen molar-refractivity contribution in [2.75, 3.05) is 6.61 Å². The molecule has 3 N–H and O–H groups in total. The van der Waals surface area contributed by atoms with E-state index in [1.807, 2.05) is 0 Å². The molecule has 0 radical (unpaired) electrons. The summed E-state index contributed by atoms with van der Waals surface area (Å²) < 4.78 is 32.5. The van der Waals surface area contributed by atoms with E-state index in [0.717, 1.165) is 0 Å². The second-order valence-electron chi connectivity index (χ2n) is 3.12. The van der Waals surface area contributed by atoms with Crippen LogP contribution in [-0.2, 0) is 23.6 Å². The fourth-order valence-electron chi connectivity index (χ4n) is 1.39. The smallest absolute Gasteiger partial charge is 0.349 e. The average Bonchev–Trinajstić information content (AvgIpc) is 2.36. The van der Waals surface area contributed by atoms with Gasteiger partial charge in [0.15, 0.2) is 0 Å². The molecule has 8 heteroatoms. The van der Waals surface area contributed by atoms with Crippen LogP contribution in [0.4, 0.5) is 0 Å². The Morgan fingerprint density at radius 1 is 1.47 bits per heavy atom. The van der Waals surface area contributed by atoms with Crippen molar-refractivity contribution in [3.63, 3.8) is 0 Å². The third kappa shape index (κ3) is 2.63. The zero-order chi connectivity index (χ0) is 12.9. The summed E-state index contributed by atoms with van der Waals surface area (Å²) in [5.74, 6) is 4.80. The van der Waals surface area contributed by atoms with Gasteiger partial charge in [0.05, 0.1) is 0 Å². The van der Waals surface area contributed by atoms with Gasteiger partial charge in [0.25, 0.3) is 5.08 Å². The fourth-order valence-corrected chi connectivity index (χ4v) is 3.29. The van der Waals surface area contributed by atoms with E-state index in [1.54, 1.807) is 25.1 Å². The van der Waals surface area contributed by atoms with E-state index in [0.29, 0.717) is 0 Å². The molecule has 0 amide bonds. The van der Waals surface area contributed by atoms with E-state index in [1.165, 1.54) is 12.1 Å². The number of nitrogens with two attached hydrogens (primary N) is 1. The number of rotatable bonds is 6. The van der Waals surface area contributed by atoms with Crippen molar-refractivity contribution in [2.24, 2.45) is 5.90 Å². The highest BCUT2D eigenvalue weighted by Gasteiger charge is 2.53. The molecule has 0 spiro atoms. The lowest BCUT2D eigenvalue weighted by atomic mass is 10.2.